The van der Waals surface area contributed by atoms with Gasteiger partial charge in [-0.15, -0.1) is 11.3 Å². The number of hydrogen-bond acceptors (Lipinski definition) is 4. The van der Waals surface area contributed by atoms with Gasteiger partial charge in [0.1, 0.15) is 5.00 Å². The van der Waals surface area contributed by atoms with Gasteiger partial charge in [-0.1, -0.05) is 23.2 Å². The molecule has 14 heteroatoms. The number of carbonyl (C=O) groups is 2. The van der Waals surface area contributed by atoms with Crippen molar-refractivity contribution in [3.8, 4) is 0 Å². The number of halogens is 8. The van der Waals surface area contributed by atoms with Gasteiger partial charge in [0.2, 0.25) is 0 Å². The molecular weight excluding hydrogens is 519 g/mol. The molecule has 1 aromatic carbocycles. The van der Waals surface area contributed by atoms with E-state index >= 15 is 0 Å². The van der Waals surface area contributed by atoms with Crippen molar-refractivity contribution in [1.29, 1.82) is 0 Å². The van der Waals surface area contributed by atoms with Crippen LogP contribution in [0.15, 0.2) is 18.2 Å². The van der Waals surface area contributed by atoms with Crippen molar-refractivity contribution >= 4 is 51.4 Å². The topological polar surface area (TPSA) is 84.2 Å². The van der Waals surface area contributed by atoms with E-state index in [1.165, 1.54) is 5.32 Å². The number of alkyl halides is 6. The van der Waals surface area contributed by atoms with E-state index < -0.39 is 51.0 Å². The lowest BCUT2D eigenvalue weighted by molar-refractivity contribution is -0.293. The van der Waals surface area contributed by atoms with E-state index in [0.29, 0.717) is 41.0 Å². The second-order valence-corrected chi connectivity index (χ2v) is 9.18. The van der Waals surface area contributed by atoms with Crippen molar-refractivity contribution in [2.45, 2.75) is 43.7 Å². The number of anilines is 1. The summed E-state index contributed by atoms with van der Waals surface area (Å²) in [6.07, 6.45) is -10.3. The van der Waals surface area contributed by atoms with Crippen LogP contribution in [-0.2, 0) is 12.8 Å². The normalized spacial score (nSPS) is 14.5. The Labute approximate surface area is 197 Å². The monoisotopic (exact) mass is 533 g/mol. The fraction of sp³-hybridized carbons (Fsp3) is 0.368. The summed E-state index contributed by atoms with van der Waals surface area (Å²) in [6.45, 7) is 0. The number of benzene rings is 1. The van der Waals surface area contributed by atoms with E-state index in [0.717, 1.165) is 23.5 Å². The molecule has 0 radical (unpaired) electrons. The highest BCUT2D eigenvalue weighted by atomic mass is 35.5. The summed E-state index contributed by atoms with van der Waals surface area (Å²) in [5.74, 6) is -2.94. The summed E-state index contributed by atoms with van der Waals surface area (Å²) in [7, 11) is 0. The van der Waals surface area contributed by atoms with Crippen molar-refractivity contribution in [2.24, 2.45) is 5.73 Å². The van der Waals surface area contributed by atoms with Crippen LogP contribution in [0, 0.1) is 0 Å². The van der Waals surface area contributed by atoms with Crippen molar-refractivity contribution in [2.75, 3.05) is 5.32 Å². The van der Waals surface area contributed by atoms with Crippen LogP contribution < -0.4 is 16.4 Å². The molecule has 33 heavy (non-hydrogen) atoms. The van der Waals surface area contributed by atoms with Gasteiger partial charge in [0.15, 0.2) is 0 Å². The lowest BCUT2D eigenvalue weighted by Crippen LogP contribution is -2.72. The molecule has 0 saturated carbocycles. The third-order valence-electron chi connectivity index (χ3n) is 5.05. The first-order valence-electron chi connectivity index (χ1n) is 9.31. The standard InChI is InChI=1S/C19H15Cl2F6N3O2S/c20-8-5-6-9(11(21)7-8)15(32)29-17(18(22,23)24,19(25,26)27)30-16-13(14(28)31)10-3-1-2-4-12(10)33-16/h5-7,30H,1-4H2,(H2,28,31)(H,29,32). The predicted octanol–water partition coefficient (Wildman–Crippen LogP) is 5.70. The Morgan fingerprint density at radius 1 is 1.00 bits per heavy atom. The maximum atomic E-state index is 14.1. The Bertz CT molecular complexity index is 1090. The fourth-order valence-corrected chi connectivity index (χ4v) is 5.32. The highest BCUT2D eigenvalue weighted by Gasteiger charge is 2.73. The van der Waals surface area contributed by atoms with Gasteiger partial charge >= 0.3 is 18.0 Å². The quantitative estimate of drug-likeness (QED) is 0.340. The Balaban J connectivity index is 2.14. The molecule has 0 unspecified atom stereocenters. The van der Waals surface area contributed by atoms with Gasteiger partial charge in [-0.2, -0.15) is 26.3 Å². The van der Waals surface area contributed by atoms with Crippen LogP contribution >= 0.6 is 34.5 Å². The summed E-state index contributed by atoms with van der Waals surface area (Å²) in [6, 6.07) is 2.96. The number of fused-ring (bicyclic) bond motifs is 1. The predicted molar refractivity (Wildman–Crippen MR) is 112 cm³/mol. The Hall–Kier alpha value is -2.18. The summed E-state index contributed by atoms with van der Waals surface area (Å²) in [4.78, 5) is 25.0. The molecule has 5 nitrogen and oxygen atoms in total. The van der Waals surface area contributed by atoms with E-state index in [-0.39, 0.29) is 11.4 Å². The third kappa shape index (κ3) is 4.73. The first-order valence-corrected chi connectivity index (χ1v) is 10.9. The van der Waals surface area contributed by atoms with Crippen molar-refractivity contribution < 1.29 is 35.9 Å². The van der Waals surface area contributed by atoms with E-state index in [1.807, 2.05) is 0 Å². The number of hydrogen-bond donors (Lipinski definition) is 3. The zero-order valence-electron chi connectivity index (χ0n) is 16.4. The highest BCUT2D eigenvalue weighted by molar-refractivity contribution is 7.16. The number of aryl methyl sites for hydroxylation is 1. The van der Waals surface area contributed by atoms with Crippen LogP contribution in [-0.4, -0.2) is 29.8 Å². The molecule has 0 spiro atoms. The number of carbonyl (C=O) groups excluding carboxylic acids is 2. The first-order chi connectivity index (χ1) is 15.2. The van der Waals surface area contributed by atoms with Gasteiger partial charge in [-0.25, -0.2) is 0 Å². The smallest absolute Gasteiger partial charge is 0.365 e. The molecule has 2 amide bonds. The van der Waals surface area contributed by atoms with Gasteiger partial charge in [0, 0.05) is 9.90 Å². The first kappa shape index (κ1) is 25.4. The van der Waals surface area contributed by atoms with Crippen LogP contribution in [0.1, 0.15) is 44.0 Å². The average molecular weight is 534 g/mol. The van der Waals surface area contributed by atoms with E-state index in [1.54, 1.807) is 0 Å². The lowest BCUT2D eigenvalue weighted by Gasteiger charge is -2.38. The van der Waals surface area contributed by atoms with Gasteiger partial charge in [-0.05, 0) is 49.4 Å². The summed E-state index contributed by atoms with van der Waals surface area (Å²) in [5, 5.41) is 1.22. The molecule has 0 atom stereocenters. The molecule has 4 N–H and O–H groups in total. The van der Waals surface area contributed by atoms with Crippen molar-refractivity contribution in [1.82, 2.24) is 5.32 Å². The van der Waals surface area contributed by atoms with E-state index in [9.17, 15) is 35.9 Å². The van der Waals surface area contributed by atoms with Gasteiger partial charge in [0.05, 0.1) is 16.1 Å². The largest absolute Gasteiger partial charge is 0.439 e. The molecule has 3 rings (SSSR count). The Morgan fingerprint density at radius 2 is 1.61 bits per heavy atom. The molecule has 1 aliphatic carbocycles. The average Bonchev–Trinajstić information content (AvgIpc) is 3.03. The lowest BCUT2D eigenvalue weighted by atomic mass is 9.95. The van der Waals surface area contributed by atoms with Crippen LogP contribution in [0.5, 0.6) is 0 Å². The fourth-order valence-electron chi connectivity index (χ4n) is 3.47. The zero-order valence-corrected chi connectivity index (χ0v) is 18.7. The maximum Gasteiger partial charge on any atom is 0.439 e. The molecule has 2 aromatic rings. The molecular formula is C19H15Cl2F6N3O2S. The van der Waals surface area contributed by atoms with Crippen molar-refractivity contribution in [3.05, 3.63) is 49.8 Å². The van der Waals surface area contributed by atoms with Crippen molar-refractivity contribution in [3.63, 3.8) is 0 Å². The minimum absolute atomic E-state index is 0.0165. The van der Waals surface area contributed by atoms with Crippen LogP contribution in [0.2, 0.25) is 10.0 Å². The summed E-state index contributed by atoms with van der Waals surface area (Å²) in [5.41, 5.74) is -0.459. The molecule has 0 fully saturated rings. The molecule has 0 aliphatic heterocycles. The number of rotatable bonds is 5. The third-order valence-corrected chi connectivity index (χ3v) is 6.80. The van der Waals surface area contributed by atoms with Gasteiger partial charge in [0.25, 0.3) is 11.8 Å². The number of primary amides is 1. The Morgan fingerprint density at radius 3 is 2.15 bits per heavy atom. The van der Waals surface area contributed by atoms with Crippen LogP contribution in [0.25, 0.3) is 0 Å². The molecule has 180 valence electrons. The number of nitrogens with two attached hydrogens (primary N) is 1. The molecule has 0 saturated heterocycles. The number of amides is 2. The van der Waals surface area contributed by atoms with Gasteiger partial charge in [-0.3, -0.25) is 9.59 Å². The summed E-state index contributed by atoms with van der Waals surface area (Å²) >= 11 is 12.0. The van der Waals surface area contributed by atoms with Crippen LogP contribution in [0.3, 0.4) is 0 Å². The van der Waals surface area contributed by atoms with Gasteiger partial charge < -0.3 is 16.4 Å². The highest BCUT2D eigenvalue weighted by Crippen LogP contribution is 2.47. The minimum atomic E-state index is -6.08. The molecule has 0 bridgehead atoms. The number of nitrogens with one attached hydrogen (secondary N) is 2. The molecule has 1 aromatic heterocycles. The Kier molecular flexibility index (Phi) is 6.84. The van der Waals surface area contributed by atoms with E-state index in [4.69, 9.17) is 28.9 Å². The second kappa shape index (κ2) is 8.88. The number of thiophene rings is 1. The van der Waals surface area contributed by atoms with E-state index in [2.05, 4.69) is 0 Å². The molecule has 1 aliphatic rings. The summed E-state index contributed by atoms with van der Waals surface area (Å²) < 4.78 is 84.3. The minimum Gasteiger partial charge on any atom is -0.365 e. The molecule has 1 heterocycles. The second-order valence-electron chi connectivity index (χ2n) is 7.23. The zero-order chi connectivity index (χ0) is 24.8. The maximum absolute atomic E-state index is 14.1. The SMILES string of the molecule is NC(=O)c1c(NC(NC(=O)c2ccc(Cl)cc2Cl)(C(F)(F)F)C(F)(F)F)sc2c1CCCC2. The van der Waals surface area contributed by atoms with Crippen LogP contribution in [0.4, 0.5) is 31.3 Å².